The average Bonchev–Trinajstić information content (AvgIpc) is 3.58. The summed E-state index contributed by atoms with van der Waals surface area (Å²) >= 11 is 0. The summed E-state index contributed by atoms with van der Waals surface area (Å²) in [6.45, 7) is 10.7. The molecule has 50 heavy (non-hydrogen) atoms. The van der Waals surface area contributed by atoms with Gasteiger partial charge in [0.15, 0.2) is 5.69 Å². The van der Waals surface area contributed by atoms with Crippen LogP contribution in [0.5, 0.6) is 11.8 Å². The Morgan fingerprint density at radius 3 is 2.44 bits per heavy atom. The van der Waals surface area contributed by atoms with Crippen LogP contribution >= 0.6 is 0 Å². The SMILES string of the molecule is CCOc1ncccc1-c1ccc2c(n1)CN(C1CCN(C(=O)OC(C)(C)C)C1)CC21CCN(C(=O)c2ccc(OC)nc2C(F)(F)F)CC1. The van der Waals surface area contributed by atoms with E-state index in [2.05, 4.69) is 20.9 Å². The van der Waals surface area contributed by atoms with E-state index < -0.39 is 34.4 Å². The van der Waals surface area contributed by atoms with Crippen molar-refractivity contribution in [3.63, 3.8) is 0 Å². The largest absolute Gasteiger partial charge is 0.481 e. The first-order valence-corrected chi connectivity index (χ1v) is 16.9. The maximum absolute atomic E-state index is 14.0. The van der Waals surface area contributed by atoms with Crippen LogP contribution in [0.1, 0.15) is 74.3 Å². The molecule has 0 bridgehead atoms. The Hall–Kier alpha value is -4.46. The molecule has 0 radical (unpaired) electrons. The van der Waals surface area contributed by atoms with E-state index >= 15 is 0 Å². The zero-order valence-corrected chi connectivity index (χ0v) is 29.0. The van der Waals surface area contributed by atoms with Crippen molar-refractivity contribution in [3.05, 3.63) is 65.1 Å². The molecule has 0 N–H and O–H groups in total. The summed E-state index contributed by atoms with van der Waals surface area (Å²) in [5.74, 6) is -0.437. The van der Waals surface area contributed by atoms with Crippen molar-refractivity contribution in [2.24, 2.45) is 0 Å². The molecule has 11 nitrogen and oxygen atoms in total. The summed E-state index contributed by atoms with van der Waals surface area (Å²) in [4.78, 5) is 45.3. The number of amides is 2. The number of hydrogen-bond acceptors (Lipinski definition) is 9. The normalized spacial score (nSPS) is 19.3. The number of aromatic nitrogens is 3. The highest BCUT2D eigenvalue weighted by Gasteiger charge is 2.47. The zero-order valence-electron chi connectivity index (χ0n) is 29.0. The van der Waals surface area contributed by atoms with Crippen molar-refractivity contribution < 1.29 is 37.0 Å². The maximum atomic E-state index is 14.0. The molecule has 2 amide bonds. The lowest BCUT2D eigenvalue weighted by atomic mass is 9.69. The number of fused-ring (bicyclic) bond motifs is 2. The Morgan fingerprint density at radius 1 is 1.00 bits per heavy atom. The van der Waals surface area contributed by atoms with Crippen molar-refractivity contribution in [1.82, 2.24) is 29.7 Å². The van der Waals surface area contributed by atoms with E-state index in [1.54, 1.807) is 11.1 Å². The van der Waals surface area contributed by atoms with Gasteiger partial charge in [0.2, 0.25) is 11.8 Å². The lowest BCUT2D eigenvalue weighted by Crippen LogP contribution is -2.55. The highest BCUT2D eigenvalue weighted by Crippen LogP contribution is 2.44. The van der Waals surface area contributed by atoms with Gasteiger partial charge in [-0.15, -0.1) is 0 Å². The van der Waals surface area contributed by atoms with Gasteiger partial charge in [0.05, 0.1) is 36.2 Å². The summed E-state index contributed by atoms with van der Waals surface area (Å²) in [7, 11) is 1.23. The monoisotopic (exact) mass is 696 g/mol. The van der Waals surface area contributed by atoms with Crippen molar-refractivity contribution in [1.29, 1.82) is 0 Å². The minimum atomic E-state index is -4.83. The molecule has 6 rings (SSSR count). The molecule has 0 saturated carbocycles. The second kappa shape index (κ2) is 13.7. The van der Waals surface area contributed by atoms with Crippen LogP contribution in [0.4, 0.5) is 18.0 Å². The molecule has 0 aliphatic carbocycles. The van der Waals surface area contributed by atoms with E-state index in [9.17, 15) is 22.8 Å². The molecular weight excluding hydrogens is 653 g/mol. The molecular formula is C36H43F3N6O5. The van der Waals surface area contributed by atoms with Crippen LogP contribution in [-0.4, -0.2) is 99.7 Å². The Kier molecular flexibility index (Phi) is 9.68. The number of alkyl halides is 3. The minimum absolute atomic E-state index is 0.0507. The topological polar surface area (TPSA) is 110 Å². The van der Waals surface area contributed by atoms with Gasteiger partial charge in [0.1, 0.15) is 5.60 Å². The second-order valence-corrected chi connectivity index (χ2v) is 14.1. The molecule has 3 aliphatic heterocycles. The van der Waals surface area contributed by atoms with Crippen LogP contribution in [0.3, 0.4) is 0 Å². The zero-order chi connectivity index (χ0) is 35.8. The van der Waals surface area contributed by atoms with Crippen molar-refractivity contribution in [3.8, 4) is 23.0 Å². The van der Waals surface area contributed by atoms with Gasteiger partial charge in [0, 0.05) is 63.0 Å². The van der Waals surface area contributed by atoms with Gasteiger partial charge in [-0.1, -0.05) is 6.07 Å². The Balaban J connectivity index is 1.30. The van der Waals surface area contributed by atoms with Crippen molar-refractivity contribution >= 4 is 12.0 Å². The molecule has 1 spiro atoms. The van der Waals surface area contributed by atoms with E-state index in [-0.39, 0.29) is 31.1 Å². The van der Waals surface area contributed by atoms with Crippen LogP contribution in [0.25, 0.3) is 11.3 Å². The highest BCUT2D eigenvalue weighted by molar-refractivity contribution is 5.95. The molecule has 3 aliphatic rings. The van der Waals surface area contributed by atoms with E-state index in [0.29, 0.717) is 51.5 Å². The third-order valence-corrected chi connectivity index (χ3v) is 9.65. The average molecular weight is 697 g/mol. The highest BCUT2D eigenvalue weighted by atomic mass is 19.4. The number of methoxy groups -OCH3 is 1. The fourth-order valence-corrected chi connectivity index (χ4v) is 7.28. The summed E-state index contributed by atoms with van der Waals surface area (Å²) in [6.07, 6.45) is -1.69. The first kappa shape index (κ1) is 35.4. The van der Waals surface area contributed by atoms with Crippen molar-refractivity contribution in [2.45, 2.75) is 76.7 Å². The predicted molar refractivity (Wildman–Crippen MR) is 178 cm³/mol. The van der Waals surface area contributed by atoms with Crippen LogP contribution in [0.2, 0.25) is 0 Å². The van der Waals surface area contributed by atoms with Gasteiger partial charge in [-0.3, -0.25) is 14.7 Å². The van der Waals surface area contributed by atoms with E-state index in [1.165, 1.54) is 18.1 Å². The van der Waals surface area contributed by atoms with Gasteiger partial charge in [-0.2, -0.15) is 13.2 Å². The quantitative estimate of drug-likeness (QED) is 0.308. The molecule has 3 aromatic rings. The van der Waals surface area contributed by atoms with Gasteiger partial charge in [0.25, 0.3) is 5.91 Å². The number of rotatable bonds is 6. The molecule has 1 unspecified atom stereocenters. The number of carbonyl (C=O) groups is 2. The first-order valence-electron chi connectivity index (χ1n) is 16.9. The van der Waals surface area contributed by atoms with Gasteiger partial charge < -0.3 is 24.0 Å². The van der Waals surface area contributed by atoms with Crippen molar-refractivity contribution in [2.75, 3.05) is 46.4 Å². The molecule has 2 fully saturated rings. The lowest BCUT2D eigenvalue weighted by molar-refractivity contribution is -0.141. The molecule has 1 atom stereocenters. The van der Waals surface area contributed by atoms with E-state index in [1.807, 2.05) is 45.9 Å². The van der Waals surface area contributed by atoms with Crippen LogP contribution in [0, 0.1) is 0 Å². The molecule has 2 saturated heterocycles. The van der Waals surface area contributed by atoms with Crippen LogP contribution in [0.15, 0.2) is 42.6 Å². The summed E-state index contributed by atoms with van der Waals surface area (Å²) in [5.41, 5.74) is 0.659. The molecule has 0 aromatic carbocycles. The third kappa shape index (κ3) is 7.21. The van der Waals surface area contributed by atoms with E-state index in [0.717, 1.165) is 35.0 Å². The van der Waals surface area contributed by atoms with E-state index in [4.69, 9.17) is 19.2 Å². The number of ether oxygens (including phenoxy) is 3. The van der Waals surface area contributed by atoms with Gasteiger partial charge in [-0.25, -0.2) is 14.8 Å². The Labute approximate surface area is 289 Å². The fourth-order valence-electron chi connectivity index (χ4n) is 7.28. The fraction of sp³-hybridized carbons (Fsp3) is 0.528. The molecule has 6 heterocycles. The number of hydrogen-bond donors (Lipinski definition) is 0. The van der Waals surface area contributed by atoms with Gasteiger partial charge >= 0.3 is 12.3 Å². The first-order chi connectivity index (χ1) is 23.7. The number of piperidine rings is 1. The molecule has 14 heteroatoms. The summed E-state index contributed by atoms with van der Waals surface area (Å²) in [6, 6.07) is 10.3. The summed E-state index contributed by atoms with van der Waals surface area (Å²) < 4.78 is 58.3. The molecule has 3 aromatic heterocycles. The maximum Gasteiger partial charge on any atom is 0.434 e. The third-order valence-electron chi connectivity index (χ3n) is 9.65. The van der Waals surface area contributed by atoms with Crippen LogP contribution < -0.4 is 9.47 Å². The summed E-state index contributed by atoms with van der Waals surface area (Å²) in [5, 5.41) is 0. The lowest BCUT2D eigenvalue weighted by Gasteiger charge is -2.49. The van der Waals surface area contributed by atoms with Gasteiger partial charge in [-0.05, 0) is 76.8 Å². The Morgan fingerprint density at radius 2 is 1.76 bits per heavy atom. The second-order valence-electron chi connectivity index (χ2n) is 14.1. The number of likely N-dealkylation sites (tertiary alicyclic amines) is 2. The number of pyridine rings is 3. The Bertz CT molecular complexity index is 1740. The minimum Gasteiger partial charge on any atom is -0.481 e. The standard InChI is InChI=1S/C36H43F3N6O5/c1-6-49-31-24(8-7-16-40-31)27-11-10-26-28(41-27)21-45(23-13-17-44(20-23)33(47)50-34(2,3)4)22-35(26)14-18-43(19-15-35)32(46)25-9-12-29(48-5)42-30(25)36(37,38)39/h7-12,16,23H,6,13-15,17-22H2,1-5H3. The smallest absolute Gasteiger partial charge is 0.434 e. The van der Waals surface area contributed by atoms with Crippen LogP contribution in [-0.2, 0) is 22.9 Å². The predicted octanol–water partition coefficient (Wildman–Crippen LogP) is 5.96. The molecule has 268 valence electrons. The number of carbonyl (C=O) groups excluding carboxylic acids is 2. The number of nitrogens with zero attached hydrogens (tertiary/aromatic N) is 6. The number of halogens is 3.